The Morgan fingerprint density at radius 3 is 2.72 bits per heavy atom. The fraction of sp³-hybridized carbons (Fsp3) is 0.500. The van der Waals surface area contributed by atoms with Crippen LogP contribution in [0.1, 0.15) is 37.6 Å². The third kappa shape index (κ3) is 3.70. The van der Waals surface area contributed by atoms with Crippen LogP contribution in [-0.4, -0.2) is 46.3 Å². The molecule has 6 nitrogen and oxygen atoms in total. The minimum Gasteiger partial charge on any atom is -0.366 e. The molecular weight excluding hydrogens is 338 g/mol. The van der Waals surface area contributed by atoms with Crippen molar-refractivity contribution >= 4 is 17.3 Å². The van der Waals surface area contributed by atoms with Crippen molar-refractivity contribution in [2.24, 2.45) is 0 Å². The molecule has 1 saturated heterocycles. The zero-order chi connectivity index (χ0) is 17.8. The van der Waals surface area contributed by atoms with Crippen molar-refractivity contribution in [1.29, 1.82) is 0 Å². The second kappa shape index (κ2) is 7.97. The SMILES string of the molecule is CCc1ncccc1[C@@H](CC)N1CCN(c2cn[nH]c(=O)c2Cl)CC1. The lowest BCUT2D eigenvalue weighted by Crippen LogP contribution is -2.48. The lowest BCUT2D eigenvalue weighted by Gasteiger charge is -2.40. The average molecular weight is 362 g/mol. The molecule has 134 valence electrons. The van der Waals surface area contributed by atoms with Gasteiger partial charge in [-0.25, -0.2) is 5.10 Å². The fourth-order valence-electron chi connectivity index (χ4n) is 3.59. The summed E-state index contributed by atoms with van der Waals surface area (Å²) in [5.74, 6) is 0. The van der Waals surface area contributed by atoms with Crippen molar-refractivity contribution in [3.05, 3.63) is 51.2 Å². The molecule has 3 heterocycles. The van der Waals surface area contributed by atoms with Crippen molar-refractivity contribution in [3.63, 3.8) is 0 Å². The molecule has 1 atom stereocenters. The van der Waals surface area contributed by atoms with Crippen molar-refractivity contribution in [3.8, 4) is 0 Å². The summed E-state index contributed by atoms with van der Waals surface area (Å²) in [4.78, 5) is 20.8. The molecule has 0 saturated carbocycles. The van der Waals surface area contributed by atoms with E-state index >= 15 is 0 Å². The summed E-state index contributed by atoms with van der Waals surface area (Å²) in [7, 11) is 0. The Hall–Kier alpha value is -1.92. The van der Waals surface area contributed by atoms with E-state index in [1.54, 1.807) is 6.20 Å². The Bertz CT molecular complexity index is 770. The van der Waals surface area contributed by atoms with Gasteiger partial charge in [-0.05, 0) is 24.5 Å². The molecule has 0 amide bonds. The standard InChI is InChI=1S/C18H24ClN5O/c1-3-14-13(6-5-7-20-14)15(4-2)23-8-10-24(11-9-23)16-12-21-22-18(25)17(16)19/h5-7,12,15H,3-4,8-11H2,1-2H3,(H,22,25)/t15-/m1/s1. The Morgan fingerprint density at radius 2 is 2.04 bits per heavy atom. The van der Waals surface area contributed by atoms with Gasteiger partial charge in [0.25, 0.3) is 5.56 Å². The lowest BCUT2D eigenvalue weighted by molar-refractivity contribution is 0.180. The predicted octanol–water partition coefficient (Wildman–Crippen LogP) is 2.65. The molecule has 1 aliphatic rings. The van der Waals surface area contributed by atoms with Crippen molar-refractivity contribution in [2.45, 2.75) is 32.7 Å². The molecule has 2 aromatic heterocycles. The number of nitrogens with one attached hydrogen (secondary N) is 1. The van der Waals surface area contributed by atoms with E-state index in [0.717, 1.165) is 39.0 Å². The van der Waals surface area contributed by atoms with E-state index in [4.69, 9.17) is 11.6 Å². The molecule has 0 bridgehead atoms. The average Bonchev–Trinajstić information content (AvgIpc) is 2.66. The van der Waals surface area contributed by atoms with Crippen molar-refractivity contribution in [2.75, 3.05) is 31.1 Å². The molecule has 0 aromatic carbocycles. The molecule has 2 aromatic rings. The molecule has 1 N–H and O–H groups in total. The first-order valence-corrected chi connectivity index (χ1v) is 9.19. The molecule has 3 rings (SSSR count). The van der Waals surface area contributed by atoms with Crippen LogP contribution in [0.25, 0.3) is 0 Å². The number of hydrogen-bond acceptors (Lipinski definition) is 5. The number of aromatic amines is 1. The van der Waals surface area contributed by atoms with Crippen LogP contribution in [0.2, 0.25) is 5.02 Å². The van der Waals surface area contributed by atoms with Crippen molar-refractivity contribution in [1.82, 2.24) is 20.1 Å². The first-order chi connectivity index (χ1) is 12.2. The van der Waals surface area contributed by atoms with Crippen LogP contribution in [0.4, 0.5) is 5.69 Å². The van der Waals surface area contributed by atoms with Crippen LogP contribution >= 0.6 is 11.6 Å². The Labute approximate surface area is 152 Å². The number of aryl methyl sites for hydroxylation is 1. The minimum absolute atomic E-state index is 0.219. The minimum atomic E-state index is -0.337. The van der Waals surface area contributed by atoms with Crippen LogP contribution in [-0.2, 0) is 6.42 Å². The third-order valence-electron chi connectivity index (χ3n) is 4.88. The smallest absolute Gasteiger partial charge is 0.285 e. The van der Waals surface area contributed by atoms with Gasteiger partial charge in [-0.3, -0.25) is 14.7 Å². The molecule has 0 aliphatic carbocycles. The first-order valence-electron chi connectivity index (χ1n) is 8.81. The van der Waals surface area contributed by atoms with Gasteiger partial charge >= 0.3 is 0 Å². The second-order valence-electron chi connectivity index (χ2n) is 6.24. The predicted molar refractivity (Wildman–Crippen MR) is 100 cm³/mol. The highest BCUT2D eigenvalue weighted by molar-refractivity contribution is 6.32. The number of rotatable bonds is 5. The topological polar surface area (TPSA) is 65.1 Å². The van der Waals surface area contributed by atoms with E-state index in [-0.39, 0.29) is 10.6 Å². The van der Waals surface area contributed by atoms with E-state index in [9.17, 15) is 4.79 Å². The van der Waals surface area contributed by atoms with Gasteiger partial charge in [0.05, 0.1) is 11.9 Å². The number of aromatic nitrogens is 3. The number of halogens is 1. The largest absolute Gasteiger partial charge is 0.366 e. The van der Waals surface area contributed by atoms with Gasteiger partial charge in [0.1, 0.15) is 5.02 Å². The van der Waals surface area contributed by atoms with Gasteiger partial charge in [-0.2, -0.15) is 5.10 Å². The normalized spacial score (nSPS) is 16.8. The highest BCUT2D eigenvalue weighted by Gasteiger charge is 2.26. The molecule has 0 spiro atoms. The third-order valence-corrected chi connectivity index (χ3v) is 5.24. The maximum absolute atomic E-state index is 11.7. The van der Waals surface area contributed by atoms with Gasteiger partial charge in [-0.1, -0.05) is 31.5 Å². The summed E-state index contributed by atoms with van der Waals surface area (Å²) in [6.45, 7) is 7.85. The molecule has 0 unspecified atom stereocenters. The van der Waals surface area contributed by atoms with Gasteiger partial charge in [-0.15, -0.1) is 0 Å². The Balaban J connectivity index is 1.74. The van der Waals surface area contributed by atoms with Crippen LogP contribution < -0.4 is 10.5 Å². The van der Waals surface area contributed by atoms with E-state index in [2.05, 4.69) is 44.9 Å². The zero-order valence-corrected chi connectivity index (χ0v) is 15.5. The first kappa shape index (κ1) is 17.9. The number of nitrogens with zero attached hydrogens (tertiary/aromatic N) is 4. The maximum atomic E-state index is 11.7. The maximum Gasteiger partial charge on any atom is 0.285 e. The number of hydrogen-bond donors (Lipinski definition) is 1. The van der Waals surface area contributed by atoms with Gasteiger partial charge < -0.3 is 4.90 Å². The summed E-state index contributed by atoms with van der Waals surface area (Å²) >= 11 is 6.14. The number of pyridine rings is 1. The quantitative estimate of drug-likeness (QED) is 0.886. The van der Waals surface area contributed by atoms with Gasteiger partial charge in [0, 0.05) is 44.1 Å². The van der Waals surface area contributed by atoms with E-state index < -0.39 is 0 Å². The zero-order valence-electron chi connectivity index (χ0n) is 14.7. The van der Waals surface area contributed by atoms with Crippen molar-refractivity contribution < 1.29 is 0 Å². The van der Waals surface area contributed by atoms with Gasteiger partial charge in [0.2, 0.25) is 0 Å². The van der Waals surface area contributed by atoms with Gasteiger partial charge in [0.15, 0.2) is 0 Å². The summed E-state index contributed by atoms with van der Waals surface area (Å²) < 4.78 is 0. The molecule has 7 heteroatoms. The lowest BCUT2D eigenvalue weighted by atomic mass is 9.99. The van der Waals surface area contributed by atoms with Crippen LogP contribution in [0, 0.1) is 0 Å². The molecule has 25 heavy (non-hydrogen) atoms. The second-order valence-corrected chi connectivity index (χ2v) is 6.62. The molecule has 1 aliphatic heterocycles. The van der Waals surface area contributed by atoms with E-state index in [1.807, 2.05) is 12.3 Å². The van der Waals surface area contributed by atoms with Crippen LogP contribution in [0.15, 0.2) is 29.3 Å². The summed E-state index contributed by atoms with van der Waals surface area (Å²) in [6, 6.07) is 4.59. The summed E-state index contributed by atoms with van der Waals surface area (Å²) in [5, 5.41) is 6.46. The monoisotopic (exact) mass is 361 g/mol. The highest BCUT2D eigenvalue weighted by atomic mass is 35.5. The Kier molecular flexibility index (Phi) is 5.71. The fourth-order valence-corrected chi connectivity index (χ4v) is 3.80. The van der Waals surface area contributed by atoms with Crippen LogP contribution in [0.5, 0.6) is 0 Å². The number of anilines is 1. The molecule has 0 radical (unpaired) electrons. The number of piperazine rings is 1. The summed E-state index contributed by atoms with van der Waals surface area (Å²) in [5.41, 5.74) is 2.89. The van der Waals surface area contributed by atoms with Crippen LogP contribution in [0.3, 0.4) is 0 Å². The molecular formula is C18H24ClN5O. The number of H-pyrrole nitrogens is 1. The Morgan fingerprint density at radius 1 is 1.28 bits per heavy atom. The van der Waals surface area contributed by atoms with E-state index in [1.165, 1.54) is 11.3 Å². The highest BCUT2D eigenvalue weighted by Crippen LogP contribution is 2.29. The molecule has 1 fully saturated rings. The van der Waals surface area contributed by atoms with E-state index in [0.29, 0.717) is 11.7 Å². The summed E-state index contributed by atoms with van der Waals surface area (Å²) in [6.07, 6.45) is 5.49.